The summed E-state index contributed by atoms with van der Waals surface area (Å²) in [6.45, 7) is 1.80. The number of aryl methyl sites for hydroxylation is 1. The zero-order valence-electron chi connectivity index (χ0n) is 10.6. The predicted octanol–water partition coefficient (Wildman–Crippen LogP) is 2.99. The van der Waals surface area contributed by atoms with Gasteiger partial charge < -0.3 is 10.4 Å². The number of amides is 1. The van der Waals surface area contributed by atoms with Crippen LogP contribution in [0.2, 0.25) is 5.02 Å². The van der Waals surface area contributed by atoms with Gasteiger partial charge in [-0.3, -0.25) is 9.78 Å². The molecule has 2 aromatic rings. The molecule has 0 atom stereocenters. The maximum atomic E-state index is 12.0. The van der Waals surface area contributed by atoms with E-state index in [1.54, 1.807) is 25.1 Å². The topological polar surface area (TPSA) is 79.3 Å². The molecule has 0 radical (unpaired) electrons. The van der Waals surface area contributed by atoms with Gasteiger partial charge in [0.1, 0.15) is 0 Å². The zero-order valence-corrected chi connectivity index (χ0v) is 11.3. The summed E-state index contributed by atoms with van der Waals surface area (Å²) >= 11 is 5.89. The van der Waals surface area contributed by atoms with Crippen molar-refractivity contribution in [2.45, 2.75) is 6.92 Å². The molecule has 0 spiro atoms. The summed E-state index contributed by atoms with van der Waals surface area (Å²) < 4.78 is 0. The van der Waals surface area contributed by atoms with E-state index in [9.17, 15) is 9.59 Å². The van der Waals surface area contributed by atoms with Crippen molar-refractivity contribution in [3.8, 4) is 0 Å². The van der Waals surface area contributed by atoms with Crippen LogP contribution < -0.4 is 5.32 Å². The number of halogens is 1. The Morgan fingerprint density at radius 1 is 1.20 bits per heavy atom. The largest absolute Gasteiger partial charge is 0.478 e. The number of nitrogens with one attached hydrogen (secondary N) is 1. The van der Waals surface area contributed by atoms with Gasteiger partial charge in [-0.05, 0) is 36.8 Å². The number of carbonyl (C=O) groups is 2. The minimum absolute atomic E-state index is 0.00934. The van der Waals surface area contributed by atoms with Gasteiger partial charge in [0.05, 0.1) is 17.4 Å². The second kappa shape index (κ2) is 5.71. The molecule has 0 aliphatic heterocycles. The average Bonchev–Trinajstić information content (AvgIpc) is 2.42. The minimum Gasteiger partial charge on any atom is -0.478 e. The van der Waals surface area contributed by atoms with Crippen molar-refractivity contribution in [1.82, 2.24) is 4.98 Å². The summed E-state index contributed by atoms with van der Waals surface area (Å²) in [4.78, 5) is 26.6. The number of aromatic nitrogens is 1. The summed E-state index contributed by atoms with van der Waals surface area (Å²) in [6, 6.07) is 6.24. The highest BCUT2D eigenvalue weighted by atomic mass is 35.5. The Hall–Kier alpha value is -2.40. The Kier molecular flexibility index (Phi) is 4.00. The van der Waals surface area contributed by atoms with Crippen LogP contribution in [0, 0.1) is 6.92 Å². The normalized spacial score (nSPS) is 10.1. The Morgan fingerprint density at radius 3 is 2.60 bits per heavy atom. The Balaban J connectivity index is 2.21. The van der Waals surface area contributed by atoms with Crippen molar-refractivity contribution >= 4 is 29.2 Å². The first kappa shape index (κ1) is 14.0. The van der Waals surface area contributed by atoms with E-state index in [-0.39, 0.29) is 11.5 Å². The smallest absolute Gasteiger partial charge is 0.337 e. The molecule has 1 amide bonds. The average molecular weight is 291 g/mol. The van der Waals surface area contributed by atoms with Gasteiger partial charge >= 0.3 is 5.97 Å². The van der Waals surface area contributed by atoms with E-state index in [1.807, 2.05) is 0 Å². The Morgan fingerprint density at radius 2 is 1.95 bits per heavy atom. The summed E-state index contributed by atoms with van der Waals surface area (Å²) in [5.41, 5.74) is 1.56. The third kappa shape index (κ3) is 3.13. The van der Waals surface area contributed by atoms with E-state index < -0.39 is 5.97 Å². The molecule has 0 aliphatic carbocycles. The summed E-state index contributed by atoms with van der Waals surface area (Å²) in [5, 5.41) is 12.0. The van der Waals surface area contributed by atoms with Crippen LogP contribution in [0.3, 0.4) is 0 Å². The molecule has 1 aromatic carbocycles. The number of carbonyl (C=O) groups excluding carboxylic acids is 1. The first-order valence-electron chi connectivity index (χ1n) is 5.73. The molecule has 0 saturated heterocycles. The van der Waals surface area contributed by atoms with Crippen molar-refractivity contribution < 1.29 is 14.7 Å². The number of hydrogen-bond acceptors (Lipinski definition) is 3. The van der Waals surface area contributed by atoms with Crippen molar-refractivity contribution in [1.29, 1.82) is 0 Å². The molecule has 2 rings (SSSR count). The minimum atomic E-state index is -1.10. The maximum Gasteiger partial charge on any atom is 0.337 e. The lowest BCUT2D eigenvalue weighted by molar-refractivity contribution is 0.0696. The predicted molar refractivity (Wildman–Crippen MR) is 75.3 cm³/mol. The molecule has 6 heteroatoms. The second-order valence-electron chi connectivity index (χ2n) is 4.19. The van der Waals surface area contributed by atoms with Gasteiger partial charge in [0.2, 0.25) is 0 Å². The standard InChI is InChI=1S/C14H11ClN2O3/c1-8-4-9(2-3-12(8)15)13(18)17-11-5-10(14(19)20)6-16-7-11/h2-7H,1H3,(H,17,18)(H,19,20). The van der Waals surface area contributed by atoms with Crippen molar-refractivity contribution in [2.75, 3.05) is 5.32 Å². The number of rotatable bonds is 3. The number of aromatic carboxylic acids is 1. The number of benzene rings is 1. The molecule has 2 N–H and O–H groups in total. The number of anilines is 1. The lowest BCUT2D eigenvalue weighted by Gasteiger charge is -2.07. The van der Waals surface area contributed by atoms with Gasteiger partial charge in [-0.2, -0.15) is 0 Å². The van der Waals surface area contributed by atoms with Gasteiger partial charge in [0.15, 0.2) is 0 Å². The van der Waals surface area contributed by atoms with Gasteiger partial charge in [-0.1, -0.05) is 11.6 Å². The molecular formula is C14H11ClN2O3. The molecule has 1 heterocycles. The van der Waals surface area contributed by atoms with Gasteiger partial charge in [-0.25, -0.2) is 4.79 Å². The summed E-state index contributed by atoms with van der Waals surface area (Å²) in [6.07, 6.45) is 2.59. The van der Waals surface area contributed by atoms with Crippen molar-refractivity contribution in [3.63, 3.8) is 0 Å². The molecule has 0 bridgehead atoms. The van der Waals surface area contributed by atoms with Crippen LogP contribution in [0.4, 0.5) is 5.69 Å². The molecule has 20 heavy (non-hydrogen) atoms. The van der Waals surface area contributed by atoms with E-state index in [1.165, 1.54) is 18.5 Å². The van der Waals surface area contributed by atoms with E-state index in [0.29, 0.717) is 16.3 Å². The molecule has 0 aliphatic rings. The molecule has 5 nitrogen and oxygen atoms in total. The molecular weight excluding hydrogens is 280 g/mol. The number of hydrogen-bond donors (Lipinski definition) is 2. The third-order valence-electron chi connectivity index (χ3n) is 2.66. The van der Waals surface area contributed by atoms with Crippen molar-refractivity contribution in [3.05, 3.63) is 58.4 Å². The van der Waals surface area contributed by atoms with Crippen LogP contribution in [-0.2, 0) is 0 Å². The fourth-order valence-corrected chi connectivity index (χ4v) is 1.73. The molecule has 0 unspecified atom stereocenters. The lowest BCUT2D eigenvalue weighted by Crippen LogP contribution is -2.13. The number of pyridine rings is 1. The molecule has 0 fully saturated rings. The summed E-state index contributed by atoms with van der Waals surface area (Å²) in [5.74, 6) is -1.45. The lowest BCUT2D eigenvalue weighted by atomic mass is 10.1. The first-order valence-corrected chi connectivity index (χ1v) is 6.11. The van der Waals surface area contributed by atoms with Crippen LogP contribution in [-0.4, -0.2) is 22.0 Å². The maximum absolute atomic E-state index is 12.0. The first-order chi connectivity index (χ1) is 9.47. The van der Waals surface area contributed by atoms with Crippen molar-refractivity contribution in [2.24, 2.45) is 0 Å². The highest BCUT2D eigenvalue weighted by Crippen LogP contribution is 2.17. The number of carboxylic acid groups (broad SMARTS) is 1. The monoisotopic (exact) mass is 290 g/mol. The van der Waals surface area contributed by atoms with E-state index in [2.05, 4.69) is 10.3 Å². The highest BCUT2D eigenvalue weighted by Gasteiger charge is 2.10. The third-order valence-corrected chi connectivity index (χ3v) is 3.09. The second-order valence-corrected chi connectivity index (χ2v) is 4.59. The highest BCUT2D eigenvalue weighted by molar-refractivity contribution is 6.31. The SMILES string of the molecule is Cc1cc(C(=O)Nc2cncc(C(=O)O)c2)ccc1Cl. The van der Waals surface area contributed by atoms with Crippen LogP contribution >= 0.6 is 11.6 Å². The number of carboxylic acids is 1. The van der Waals surface area contributed by atoms with Gasteiger partial charge in [0, 0.05) is 16.8 Å². The Bertz CT molecular complexity index is 686. The van der Waals surface area contributed by atoms with Crippen LogP contribution in [0.25, 0.3) is 0 Å². The van der Waals surface area contributed by atoms with E-state index >= 15 is 0 Å². The van der Waals surface area contributed by atoms with E-state index in [4.69, 9.17) is 16.7 Å². The zero-order chi connectivity index (χ0) is 14.7. The van der Waals surface area contributed by atoms with Gasteiger partial charge in [0.25, 0.3) is 5.91 Å². The quantitative estimate of drug-likeness (QED) is 0.911. The number of nitrogens with zero attached hydrogens (tertiary/aromatic N) is 1. The molecule has 1 aromatic heterocycles. The Labute approximate surface area is 120 Å². The fourth-order valence-electron chi connectivity index (χ4n) is 1.61. The van der Waals surface area contributed by atoms with E-state index in [0.717, 1.165) is 5.56 Å². The van der Waals surface area contributed by atoms with Crippen LogP contribution in [0.15, 0.2) is 36.7 Å². The van der Waals surface area contributed by atoms with Crippen LogP contribution in [0.5, 0.6) is 0 Å². The van der Waals surface area contributed by atoms with Gasteiger partial charge in [-0.15, -0.1) is 0 Å². The molecule has 102 valence electrons. The summed E-state index contributed by atoms with van der Waals surface area (Å²) in [7, 11) is 0. The molecule has 0 saturated carbocycles. The fraction of sp³-hybridized carbons (Fsp3) is 0.0714. The van der Waals surface area contributed by atoms with Crippen LogP contribution in [0.1, 0.15) is 26.3 Å².